The average molecular weight is 404 g/mol. The summed E-state index contributed by atoms with van der Waals surface area (Å²) in [5.74, 6) is -1.26. The highest BCUT2D eigenvalue weighted by molar-refractivity contribution is 7.90. The van der Waals surface area contributed by atoms with Crippen LogP contribution in [0.2, 0.25) is 0 Å². The fraction of sp³-hybridized carbons (Fsp3) is 0. The molecule has 3 rings (SSSR count). The molecule has 0 spiro atoms. The number of nitriles is 1. The molecule has 1 heterocycles. The molecule has 0 aliphatic carbocycles. The molecule has 9 nitrogen and oxygen atoms in total. The standard InChI is InChI=1S/C16H12N4O5S2/c17-9-13(15-12-3-1-2-4-14(12)27(24,25)19-15)16(21)20-26(22,23)11-7-5-10(18)6-8-11/h1-8,19H,18H2,(H,20,21). The second kappa shape index (κ2) is 6.42. The van der Waals surface area contributed by atoms with Gasteiger partial charge in [-0.05, 0) is 30.3 Å². The summed E-state index contributed by atoms with van der Waals surface area (Å²) in [6.45, 7) is 0. The van der Waals surface area contributed by atoms with E-state index in [1.807, 2.05) is 0 Å². The third-order valence-corrected chi connectivity index (χ3v) is 6.44. The van der Waals surface area contributed by atoms with Crippen molar-refractivity contribution in [3.8, 4) is 6.07 Å². The maximum Gasteiger partial charge on any atom is 0.277 e. The lowest BCUT2D eigenvalue weighted by Crippen LogP contribution is -2.32. The number of hydrogen-bond acceptors (Lipinski definition) is 7. The van der Waals surface area contributed by atoms with E-state index in [4.69, 9.17) is 5.73 Å². The second-order valence-electron chi connectivity index (χ2n) is 5.47. The van der Waals surface area contributed by atoms with Crippen LogP contribution < -0.4 is 15.2 Å². The molecule has 0 bridgehead atoms. The summed E-state index contributed by atoms with van der Waals surface area (Å²) in [6, 6.07) is 12.3. The number of carbonyl (C=O) groups excluding carboxylic acids is 1. The van der Waals surface area contributed by atoms with Crippen LogP contribution in [0, 0.1) is 11.3 Å². The molecule has 138 valence electrons. The van der Waals surface area contributed by atoms with Crippen molar-refractivity contribution in [1.29, 1.82) is 5.26 Å². The number of hydrogen-bond donors (Lipinski definition) is 3. The van der Waals surface area contributed by atoms with E-state index in [1.54, 1.807) is 10.8 Å². The van der Waals surface area contributed by atoms with Gasteiger partial charge in [0.15, 0.2) is 0 Å². The normalized spacial score (nSPS) is 16.6. The third-order valence-electron chi connectivity index (χ3n) is 3.69. The first-order valence-corrected chi connectivity index (χ1v) is 10.3. The van der Waals surface area contributed by atoms with Gasteiger partial charge in [-0.25, -0.2) is 21.6 Å². The molecule has 11 heteroatoms. The number of sulfonamides is 2. The highest BCUT2D eigenvalue weighted by atomic mass is 32.2. The first kappa shape index (κ1) is 18.4. The quantitative estimate of drug-likeness (QED) is 0.377. The molecule has 0 aromatic heterocycles. The minimum atomic E-state index is -4.28. The van der Waals surface area contributed by atoms with Gasteiger partial charge in [-0.3, -0.25) is 9.52 Å². The van der Waals surface area contributed by atoms with Gasteiger partial charge in [0.05, 0.1) is 15.5 Å². The van der Waals surface area contributed by atoms with Crippen molar-refractivity contribution in [3.63, 3.8) is 0 Å². The summed E-state index contributed by atoms with van der Waals surface area (Å²) >= 11 is 0. The van der Waals surface area contributed by atoms with Gasteiger partial charge in [0.2, 0.25) is 0 Å². The molecule has 0 saturated heterocycles. The molecule has 0 atom stereocenters. The zero-order valence-electron chi connectivity index (χ0n) is 13.5. The Bertz CT molecular complexity index is 1220. The minimum Gasteiger partial charge on any atom is -0.399 e. The average Bonchev–Trinajstić information content (AvgIpc) is 2.87. The SMILES string of the molecule is N#CC(C(=O)NS(=O)(=O)c1ccc(N)cc1)=C1NS(=O)(=O)c2ccccc21. The van der Waals surface area contributed by atoms with E-state index in [1.165, 1.54) is 48.5 Å². The van der Waals surface area contributed by atoms with Crippen LogP contribution in [0.25, 0.3) is 5.70 Å². The van der Waals surface area contributed by atoms with Gasteiger partial charge in [0, 0.05) is 11.3 Å². The maximum atomic E-state index is 12.4. The van der Waals surface area contributed by atoms with Gasteiger partial charge in [-0.2, -0.15) is 5.26 Å². The van der Waals surface area contributed by atoms with Crippen molar-refractivity contribution >= 4 is 37.3 Å². The Morgan fingerprint density at radius 2 is 1.74 bits per heavy atom. The van der Waals surface area contributed by atoms with Gasteiger partial charge in [0.1, 0.15) is 11.6 Å². The van der Waals surface area contributed by atoms with Crippen LogP contribution in [0.15, 0.2) is 63.9 Å². The number of nitrogens with two attached hydrogens (primary N) is 1. The maximum absolute atomic E-state index is 12.4. The van der Waals surface area contributed by atoms with Crippen molar-refractivity contribution in [2.24, 2.45) is 0 Å². The van der Waals surface area contributed by atoms with Gasteiger partial charge in [-0.15, -0.1) is 0 Å². The number of carbonyl (C=O) groups is 1. The Morgan fingerprint density at radius 3 is 2.37 bits per heavy atom. The van der Waals surface area contributed by atoms with Gasteiger partial charge >= 0.3 is 0 Å². The van der Waals surface area contributed by atoms with Gasteiger partial charge < -0.3 is 5.73 Å². The predicted octanol–water partition coefficient (Wildman–Crippen LogP) is 0.300. The molecule has 4 N–H and O–H groups in total. The van der Waals surface area contributed by atoms with E-state index >= 15 is 0 Å². The van der Waals surface area contributed by atoms with Gasteiger partial charge in [-0.1, -0.05) is 18.2 Å². The number of rotatable bonds is 3. The number of anilines is 1. The van der Waals surface area contributed by atoms with Crippen LogP contribution in [-0.2, 0) is 24.8 Å². The summed E-state index contributed by atoms with van der Waals surface area (Å²) in [6.07, 6.45) is 0. The van der Waals surface area contributed by atoms with Crippen LogP contribution in [0.4, 0.5) is 5.69 Å². The van der Waals surface area contributed by atoms with E-state index in [0.29, 0.717) is 5.69 Å². The smallest absolute Gasteiger partial charge is 0.277 e. The molecule has 2 aromatic rings. The van der Waals surface area contributed by atoms with Crippen molar-refractivity contribution in [2.75, 3.05) is 5.73 Å². The number of fused-ring (bicyclic) bond motifs is 1. The summed E-state index contributed by atoms with van der Waals surface area (Å²) in [5, 5.41) is 9.34. The van der Waals surface area contributed by atoms with Crippen molar-refractivity contribution in [3.05, 3.63) is 59.7 Å². The van der Waals surface area contributed by atoms with Crippen LogP contribution in [0.1, 0.15) is 5.56 Å². The van der Waals surface area contributed by atoms with E-state index in [0.717, 1.165) is 0 Å². The van der Waals surface area contributed by atoms with Crippen LogP contribution in [0.3, 0.4) is 0 Å². The van der Waals surface area contributed by atoms with E-state index in [2.05, 4.69) is 4.72 Å². The van der Waals surface area contributed by atoms with Crippen LogP contribution in [0.5, 0.6) is 0 Å². The highest BCUT2D eigenvalue weighted by Crippen LogP contribution is 2.31. The Morgan fingerprint density at radius 1 is 1.11 bits per heavy atom. The van der Waals surface area contributed by atoms with Crippen molar-refractivity contribution in [2.45, 2.75) is 9.79 Å². The topological polar surface area (TPSA) is 159 Å². The molecular weight excluding hydrogens is 392 g/mol. The number of amides is 1. The number of nitrogen functional groups attached to an aromatic ring is 1. The first-order valence-electron chi connectivity index (χ1n) is 7.35. The Labute approximate surface area is 155 Å². The predicted molar refractivity (Wildman–Crippen MR) is 95.5 cm³/mol. The highest BCUT2D eigenvalue weighted by Gasteiger charge is 2.34. The van der Waals surface area contributed by atoms with Gasteiger partial charge in [0.25, 0.3) is 26.0 Å². The largest absolute Gasteiger partial charge is 0.399 e. The number of nitrogens with zero attached hydrogens (tertiary/aromatic N) is 1. The minimum absolute atomic E-state index is 0.106. The molecule has 1 aliphatic heterocycles. The lowest BCUT2D eigenvalue weighted by molar-refractivity contribution is -0.115. The summed E-state index contributed by atoms with van der Waals surface area (Å²) in [4.78, 5) is 12.1. The first-order chi connectivity index (χ1) is 12.7. The third kappa shape index (κ3) is 3.35. The molecule has 1 amide bonds. The van der Waals surface area contributed by atoms with Crippen LogP contribution in [-0.4, -0.2) is 22.7 Å². The Hall–Kier alpha value is -3.36. The fourth-order valence-corrected chi connectivity index (χ4v) is 4.70. The summed E-state index contributed by atoms with van der Waals surface area (Å²) < 4.78 is 52.8. The molecule has 2 aromatic carbocycles. The van der Waals surface area contributed by atoms with Crippen molar-refractivity contribution in [1.82, 2.24) is 9.44 Å². The zero-order chi connectivity index (χ0) is 19.8. The molecule has 0 fully saturated rings. The van der Waals surface area contributed by atoms with E-state index in [9.17, 15) is 26.9 Å². The van der Waals surface area contributed by atoms with Crippen LogP contribution >= 0.6 is 0 Å². The molecule has 27 heavy (non-hydrogen) atoms. The van der Waals surface area contributed by atoms with E-state index < -0.39 is 31.5 Å². The van der Waals surface area contributed by atoms with Crippen molar-refractivity contribution < 1.29 is 21.6 Å². The van der Waals surface area contributed by atoms with E-state index in [-0.39, 0.29) is 21.1 Å². The Kier molecular flexibility index (Phi) is 4.38. The molecule has 1 aliphatic rings. The fourth-order valence-electron chi connectivity index (χ4n) is 2.44. The number of benzene rings is 2. The summed E-state index contributed by atoms with van der Waals surface area (Å²) in [5.41, 5.74) is 4.98. The molecule has 0 unspecified atom stereocenters. The summed E-state index contributed by atoms with van der Waals surface area (Å²) in [7, 11) is -8.23. The Balaban J connectivity index is 2.02. The molecule has 0 radical (unpaired) electrons. The number of nitrogens with one attached hydrogen (secondary N) is 2. The lowest BCUT2D eigenvalue weighted by Gasteiger charge is -2.08. The lowest BCUT2D eigenvalue weighted by atomic mass is 10.1. The zero-order valence-corrected chi connectivity index (χ0v) is 15.1. The molecule has 0 saturated carbocycles. The molecular formula is C16H12N4O5S2. The monoisotopic (exact) mass is 404 g/mol. The second-order valence-corrected chi connectivity index (χ2v) is 8.80.